The van der Waals surface area contributed by atoms with Crippen molar-refractivity contribution in [3.05, 3.63) is 95.4 Å². The molecule has 0 amide bonds. The lowest BCUT2D eigenvalue weighted by molar-refractivity contribution is 0.864. The monoisotopic (exact) mass is 362 g/mol. The molecule has 0 atom stereocenters. The van der Waals surface area contributed by atoms with Gasteiger partial charge in [0.15, 0.2) is 0 Å². The van der Waals surface area contributed by atoms with Crippen LogP contribution in [0, 0.1) is 5.41 Å². The molecule has 0 saturated heterocycles. The molecule has 0 fully saturated rings. The average Bonchev–Trinajstić information content (AvgIpc) is 2.67. The molecule has 130 valence electrons. The molecule has 5 heteroatoms. The Hall–Kier alpha value is -3.11. The van der Waals surface area contributed by atoms with Crippen LogP contribution in [-0.4, -0.2) is 10.7 Å². The third-order valence-electron chi connectivity index (χ3n) is 3.92. The molecule has 0 bridgehead atoms. The van der Waals surface area contributed by atoms with Gasteiger partial charge < -0.3 is 16.5 Å². The number of rotatable bonds is 6. The molecule has 3 aromatic rings. The van der Waals surface area contributed by atoms with E-state index in [0.717, 1.165) is 16.7 Å². The van der Waals surface area contributed by atoms with Crippen LogP contribution in [0.4, 0.5) is 5.69 Å². The molecule has 26 heavy (non-hydrogen) atoms. The van der Waals surface area contributed by atoms with E-state index in [4.69, 9.17) is 22.7 Å². The molecule has 0 radical (unpaired) electrons. The van der Waals surface area contributed by atoms with Crippen LogP contribution in [0.25, 0.3) is 11.1 Å². The molecule has 4 N–H and O–H groups in total. The summed E-state index contributed by atoms with van der Waals surface area (Å²) in [6.45, 7) is 0.651. The Morgan fingerprint density at radius 2 is 1.88 bits per heavy atom. The zero-order chi connectivity index (χ0) is 18.4. The Morgan fingerprint density at radius 1 is 1.12 bits per heavy atom. The van der Waals surface area contributed by atoms with Crippen molar-refractivity contribution in [2.45, 2.75) is 6.54 Å². The maximum Gasteiger partial charge on any atom is 0.0647 e. The third kappa shape index (κ3) is 4.49. The van der Waals surface area contributed by atoms with Crippen molar-refractivity contribution in [1.82, 2.24) is 10.3 Å². The van der Waals surface area contributed by atoms with Crippen molar-refractivity contribution in [2.75, 3.05) is 5.73 Å². The average molecular weight is 363 g/mol. The number of nitrogens with two attached hydrogens (primary N) is 1. The quantitative estimate of drug-likeness (QED) is 0.441. The number of allylic oxidation sites excluding steroid dienone is 1. The summed E-state index contributed by atoms with van der Waals surface area (Å²) < 4.78 is 0. The first-order chi connectivity index (χ1) is 12.6. The SMILES string of the molecule is N=C(/C=C\NCc1cccnc1)c1cc(-c2ccc(Cl)cc2)ccc1N. The van der Waals surface area contributed by atoms with Crippen molar-refractivity contribution < 1.29 is 0 Å². The van der Waals surface area contributed by atoms with E-state index in [9.17, 15) is 0 Å². The highest BCUT2D eigenvalue weighted by Crippen LogP contribution is 2.25. The number of hydrogen-bond donors (Lipinski definition) is 3. The van der Waals surface area contributed by atoms with Crippen LogP contribution < -0.4 is 11.1 Å². The van der Waals surface area contributed by atoms with Gasteiger partial charge >= 0.3 is 0 Å². The van der Waals surface area contributed by atoms with Crippen LogP contribution in [0.3, 0.4) is 0 Å². The molecular formula is C21H19ClN4. The summed E-state index contributed by atoms with van der Waals surface area (Å²) in [5.74, 6) is 0. The summed E-state index contributed by atoms with van der Waals surface area (Å²) in [6, 6.07) is 17.2. The van der Waals surface area contributed by atoms with Gasteiger partial charge in [-0.15, -0.1) is 0 Å². The fourth-order valence-corrected chi connectivity index (χ4v) is 2.65. The maximum absolute atomic E-state index is 8.31. The van der Waals surface area contributed by atoms with E-state index >= 15 is 0 Å². The molecular weight excluding hydrogens is 344 g/mol. The van der Waals surface area contributed by atoms with Gasteiger partial charge in [0.2, 0.25) is 0 Å². The minimum Gasteiger partial charge on any atom is -0.398 e. The summed E-state index contributed by atoms with van der Waals surface area (Å²) in [5.41, 5.74) is 10.8. The number of nitrogens with zero attached hydrogens (tertiary/aromatic N) is 1. The number of nitrogen functional groups attached to an aromatic ring is 1. The normalized spacial score (nSPS) is 10.8. The first-order valence-corrected chi connectivity index (χ1v) is 8.54. The van der Waals surface area contributed by atoms with Crippen LogP contribution in [-0.2, 0) is 6.54 Å². The Bertz CT molecular complexity index is 919. The number of nitrogens with one attached hydrogen (secondary N) is 2. The summed E-state index contributed by atoms with van der Waals surface area (Å²) >= 11 is 5.95. The molecule has 3 rings (SSSR count). The van der Waals surface area contributed by atoms with E-state index in [0.29, 0.717) is 28.5 Å². The van der Waals surface area contributed by atoms with Gasteiger partial charge in [0.05, 0.1) is 5.71 Å². The number of benzene rings is 2. The zero-order valence-electron chi connectivity index (χ0n) is 14.1. The fraction of sp³-hybridized carbons (Fsp3) is 0.0476. The van der Waals surface area contributed by atoms with Crippen LogP contribution in [0.15, 0.2) is 79.3 Å². The largest absolute Gasteiger partial charge is 0.398 e. The van der Waals surface area contributed by atoms with Crippen molar-refractivity contribution >= 4 is 23.0 Å². The molecule has 0 unspecified atom stereocenters. The van der Waals surface area contributed by atoms with Crippen molar-refractivity contribution in [1.29, 1.82) is 5.41 Å². The number of hydrogen-bond acceptors (Lipinski definition) is 4. The molecule has 0 aliphatic carbocycles. The fourth-order valence-electron chi connectivity index (χ4n) is 2.52. The van der Waals surface area contributed by atoms with Crippen LogP contribution in [0.1, 0.15) is 11.1 Å². The van der Waals surface area contributed by atoms with E-state index in [1.54, 1.807) is 24.7 Å². The second-order valence-corrected chi connectivity index (χ2v) is 6.23. The standard InChI is InChI=1S/C21H19ClN4/c22-18-6-3-16(4-7-18)17-5-8-20(23)19(12-17)21(24)9-11-26-14-15-2-1-10-25-13-15/h1-13,24,26H,14,23H2/b11-9-,24-21?. The van der Waals surface area contributed by atoms with E-state index in [1.165, 1.54) is 0 Å². The summed E-state index contributed by atoms with van der Waals surface area (Å²) in [5, 5.41) is 12.2. The topological polar surface area (TPSA) is 74.8 Å². The highest BCUT2D eigenvalue weighted by molar-refractivity contribution is 6.30. The van der Waals surface area contributed by atoms with E-state index in [-0.39, 0.29) is 0 Å². The molecule has 0 aliphatic heterocycles. The van der Waals surface area contributed by atoms with Gasteiger partial charge in [-0.1, -0.05) is 35.9 Å². The molecule has 0 spiro atoms. The van der Waals surface area contributed by atoms with Gasteiger partial charge in [-0.05, 0) is 59.3 Å². The Balaban J connectivity index is 1.71. The van der Waals surface area contributed by atoms with Gasteiger partial charge in [-0.2, -0.15) is 0 Å². The maximum atomic E-state index is 8.31. The highest BCUT2D eigenvalue weighted by Gasteiger charge is 2.06. The van der Waals surface area contributed by atoms with Gasteiger partial charge in [0, 0.05) is 35.2 Å². The molecule has 1 aromatic heterocycles. The van der Waals surface area contributed by atoms with Crippen LogP contribution >= 0.6 is 11.6 Å². The Labute approximate surface area is 157 Å². The number of anilines is 1. The van der Waals surface area contributed by atoms with Crippen LogP contribution in [0.5, 0.6) is 0 Å². The lowest BCUT2D eigenvalue weighted by Crippen LogP contribution is -2.07. The second kappa shape index (κ2) is 8.32. The van der Waals surface area contributed by atoms with Gasteiger partial charge in [-0.3, -0.25) is 4.98 Å². The smallest absolute Gasteiger partial charge is 0.0647 e. The lowest BCUT2D eigenvalue weighted by Gasteiger charge is -2.09. The van der Waals surface area contributed by atoms with Gasteiger partial charge in [0.25, 0.3) is 0 Å². The Morgan fingerprint density at radius 3 is 2.62 bits per heavy atom. The van der Waals surface area contributed by atoms with E-state index in [1.807, 2.05) is 54.6 Å². The zero-order valence-corrected chi connectivity index (χ0v) is 14.9. The summed E-state index contributed by atoms with van der Waals surface area (Å²) in [6.07, 6.45) is 7.00. The second-order valence-electron chi connectivity index (χ2n) is 5.80. The number of pyridine rings is 1. The minimum absolute atomic E-state index is 0.344. The molecule has 2 aromatic carbocycles. The third-order valence-corrected chi connectivity index (χ3v) is 4.17. The molecule has 0 aliphatic rings. The predicted molar refractivity (Wildman–Crippen MR) is 108 cm³/mol. The van der Waals surface area contributed by atoms with Crippen molar-refractivity contribution in [2.24, 2.45) is 0 Å². The van der Waals surface area contributed by atoms with Gasteiger partial charge in [-0.25, -0.2) is 0 Å². The first-order valence-electron chi connectivity index (χ1n) is 8.17. The predicted octanol–water partition coefficient (Wildman–Crippen LogP) is 4.66. The molecule has 4 nitrogen and oxygen atoms in total. The molecule has 1 heterocycles. The van der Waals surface area contributed by atoms with E-state index < -0.39 is 0 Å². The van der Waals surface area contributed by atoms with Gasteiger partial charge in [0.1, 0.15) is 0 Å². The summed E-state index contributed by atoms with van der Waals surface area (Å²) in [7, 11) is 0. The number of aromatic nitrogens is 1. The van der Waals surface area contributed by atoms with E-state index in [2.05, 4.69) is 10.3 Å². The number of halogens is 1. The lowest BCUT2D eigenvalue weighted by atomic mass is 9.99. The Kier molecular flexibility index (Phi) is 5.66. The highest BCUT2D eigenvalue weighted by atomic mass is 35.5. The van der Waals surface area contributed by atoms with Crippen LogP contribution in [0.2, 0.25) is 5.02 Å². The van der Waals surface area contributed by atoms with Crippen molar-refractivity contribution in [3.63, 3.8) is 0 Å². The summed E-state index contributed by atoms with van der Waals surface area (Å²) in [4.78, 5) is 4.07. The molecule has 0 saturated carbocycles. The first kappa shape index (κ1) is 17.7. The minimum atomic E-state index is 0.344. The van der Waals surface area contributed by atoms with Crippen molar-refractivity contribution in [3.8, 4) is 11.1 Å².